The Hall–Kier alpha value is -1.09. The highest BCUT2D eigenvalue weighted by Crippen LogP contribution is 2.21. The Kier molecular flexibility index (Phi) is 5.16. The second-order valence-electron chi connectivity index (χ2n) is 2.36. The number of aryl methyl sites for hydroxylation is 1. The minimum absolute atomic E-state index is 0.169. The lowest BCUT2D eigenvalue weighted by Crippen LogP contribution is -2.03. The Morgan fingerprint density at radius 1 is 1.43 bits per heavy atom. The van der Waals surface area contributed by atoms with Crippen LogP contribution in [0.25, 0.3) is 0 Å². The molecule has 0 fully saturated rings. The van der Waals surface area contributed by atoms with Crippen molar-refractivity contribution < 1.29 is 14.3 Å². The van der Waals surface area contributed by atoms with E-state index in [1.54, 1.807) is 0 Å². The minimum Gasteiger partial charge on any atom is -0.478 e. The molecule has 0 aromatic heterocycles. The molecule has 1 rings (SSSR count). The van der Waals surface area contributed by atoms with Gasteiger partial charge in [0.2, 0.25) is 0 Å². The Morgan fingerprint density at radius 2 is 1.93 bits per heavy atom. The summed E-state index contributed by atoms with van der Waals surface area (Å²) in [6.45, 7) is 5.52. The van der Waals surface area contributed by atoms with E-state index in [9.17, 15) is 9.18 Å². The number of benzene rings is 1. The van der Waals surface area contributed by atoms with Gasteiger partial charge in [-0.25, -0.2) is 9.18 Å². The van der Waals surface area contributed by atoms with Gasteiger partial charge in [0.25, 0.3) is 0 Å². The molecule has 0 radical (unpaired) electrons. The lowest BCUT2D eigenvalue weighted by atomic mass is 10.1. The van der Waals surface area contributed by atoms with Crippen LogP contribution in [-0.2, 0) is 0 Å². The molecule has 0 heterocycles. The molecular weight excluding hydrogens is 207 g/mol. The zero-order valence-electron chi connectivity index (χ0n) is 8.27. The van der Waals surface area contributed by atoms with Crippen LogP contribution in [0.4, 0.5) is 4.39 Å². The van der Waals surface area contributed by atoms with Crippen molar-refractivity contribution in [2.75, 3.05) is 0 Å². The first-order valence-electron chi connectivity index (χ1n) is 4.22. The van der Waals surface area contributed by atoms with Crippen LogP contribution in [0.1, 0.15) is 29.8 Å². The van der Waals surface area contributed by atoms with E-state index in [4.69, 9.17) is 16.7 Å². The highest BCUT2D eigenvalue weighted by Gasteiger charge is 2.15. The third-order valence-electron chi connectivity index (χ3n) is 1.52. The number of hydrogen-bond donors (Lipinski definition) is 1. The smallest absolute Gasteiger partial charge is 0.339 e. The van der Waals surface area contributed by atoms with Crippen molar-refractivity contribution in [3.05, 3.63) is 34.1 Å². The zero-order chi connectivity index (χ0) is 11.3. The second-order valence-corrected chi connectivity index (χ2v) is 2.77. The number of rotatable bonds is 1. The lowest BCUT2D eigenvalue weighted by molar-refractivity contribution is 0.0691. The van der Waals surface area contributed by atoms with Crippen LogP contribution in [0.3, 0.4) is 0 Å². The van der Waals surface area contributed by atoms with Gasteiger partial charge in [0, 0.05) is 0 Å². The molecule has 0 atom stereocenters. The van der Waals surface area contributed by atoms with Crippen molar-refractivity contribution >= 4 is 17.6 Å². The van der Waals surface area contributed by atoms with Gasteiger partial charge in [0.1, 0.15) is 0 Å². The first-order valence-corrected chi connectivity index (χ1v) is 4.59. The quantitative estimate of drug-likeness (QED) is 0.783. The van der Waals surface area contributed by atoms with E-state index in [-0.39, 0.29) is 10.6 Å². The van der Waals surface area contributed by atoms with Crippen LogP contribution < -0.4 is 0 Å². The van der Waals surface area contributed by atoms with Crippen LogP contribution >= 0.6 is 11.6 Å². The molecule has 0 aliphatic rings. The van der Waals surface area contributed by atoms with E-state index in [0.29, 0.717) is 5.56 Å². The summed E-state index contributed by atoms with van der Waals surface area (Å²) in [5, 5.41) is 8.40. The van der Waals surface area contributed by atoms with Crippen LogP contribution in [0.15, 0.2) is 12.1 Å². The van der Waals surface area contributed by atoms with Gasteiger partial charge in [0.05, 0.1) is 10.6 Å². The zero-order valence-corrected chi connectivity index (χ0v) is 9.02. The van der Waals surface area contributed by atoms with E-state index in [0.717, 1.165) is 0 Å². The summed E-state index contributed by atoms with van der Waals surface area (Å²) >= 11 is 5.39. The normalized spacial score (nSPS) is 8.93. The first-order chi connectivity index (χ1) is 6.54. The molecule has 1 aromatic rings. The predicted molar refractivity (Wildman–Crippen MR) is 54.5 cm³/mol. The van der Waals surface area contributed by atoms with Crippen LogP contribution in [0.5, 0.6) is 0 Å². The molecule has 1 N–H and O–H groups in total. The largest absolute Gasteiger partial charge is 0.478 e. The number of carboxylic acid groups (broad SMARTS) is 1. The summed E-state index contributed by atoms with van der Waals surface area (Å²) < 4.78 is 13.0. The van der Waals surface area contributed by atoms with Gasteiger partial charge in [0.15, 0.2) is 5.82 Å². The fourth-order valence-corrected chi connectivity index (χ4v) is 1.07. The maximum absolute atomic E-state index is 13.0. The number of hydrogen-bond acceptors (Lipinski definition) is 1. The number of carboxylic acids is 1. The number of carbonyl (C=O) groups is 1. The number of aromatic carboxylic acids is 1. The molecule has 78 valence electrons. The van der Waals surface area contributed by atoms with Gasteiger partial charge >= 0.3 is 5.97 Å². The Morgan fingerprint density at radius 3 is 2.29 bits per heavy atom. The molecule has 1 aromatic carbocycles. The summed E-state index contributed by atoms with van der Waals surface area (Å²) in [5.41, 5.74) is 0.00639. The summed E-state index contributed by atoms with van der Waals surface area (Å²) in [5.74, 6) is -2.17. The molecule has 0 amide bonds. The van der Waals surface area contributed by atoms with Gasteiger partial charge in [-0.3, -0.25) is 0 Å². The molecule has 0 spiro atoms. The van der Waals surface area contributed by atoms with Crippen molar-refractivity contribution in [2.45, 2.75) is 20.8 Å². The standard InChI is InChI=1S/C8H6ClFO2.C2H6/c1-4-2-3-5(9)7(10)6(4)8(11)12;1-2/h2-3H,1H3,(H,11,12);1-2H3. The maximum Gasteiger partial charge on any atom is 0.339 e. The lowest BCUT2D eigenvalue weighted by Gasteiger charge is -2.02. The molecule has 0 aliphatic heterocycles. The highest BCUT2D eigenvalue weighted by molar-refractivity contribution is 6.31. The monoisotopic (exact) mass is 218 g/mol. The molecule has 14 heavy (non-hydrogen) atoms. The van der Waals surface area contributed by atoms with E-state index < -0.39 is 11.8 Å². The topological polar surface area (TPSA) is 37.3 Å². The third kappa shape index (κ3) is 2.70. The summed E-state index contributed by atoms with van der Waals surface area (Å²) in [7, 11) is 0. The third-order valence-corrected chi connectivity index (χ3v) is 1.81. The molecule has 2 nitrogen and oxygen atoms in total. The SMILES string of the molecule is CC.Cc1ccc(Cl)c(F)c1C(=O)O. The Bertz CT molecular complexity index is 337. The van der Waals surface area contributed by atoms with Crippen molar-refractivity contribution in [2.24, 2.45) is 0 Å². The molecule has 0 saturated heterocycles. The van der Waals surface area contributed by atoms with Crippen LogP contribution in [0.2, 0.25) is 5.02 Å². The van der Waals surface area contributed by atoms with Crippen LogP contribution in [0, 0.1) is 12.7 Å². The van der Waals surface area contributed by atoms with Gasteiger partial charge in [-0.05, 0) is 18.6 Å². The molecule has 0 saturated carbocycles. The van der Waals surface area contributed by atoms with Gasteiger partial charge in [-0.15, -0.1) is 0 Å². The fourth-order valence-electron chi connectivity index (χ4n) is 0.910. The summed E-state index contributed by atoms with van der Waals surface area (Å²) in [6, 6.07) is 2.80. The fraction of sp³-hybridized carbons (Fsp3) is 0.300. The summed E-state index contributed by atoms with van der Waals surface area (Å²) in [6.07, 6.45) is 0. The van der Waals surface area contributed by atoms with E-state index >= 15 is 0 Å². The Balaban J connectivity index is 0.000000791. The maximum atomic E-state index is 13.0. The summed E-state index contributed by atoms with van der Waals surface area (Å²) in [4.78, 5) is 10.5. The van der Waals surface area contributed by atoms with Crippen molar-refractivity contribution in [1.29, 1.82) is 0 Å². The molecule has 0 bridgehead atoms. The van der Waals surface area contributed by atoms with Gasteiger partial charge < -0.3 is 5.11 Å². The minimum atomic E-state index is -1.30. The van der Waals surface area contributed by atoms with Crippen molar-refractivity contribution in [3.8, 4) is 0 Å². The average Bonchev–Trinajstić information content (AvgIpc) is 2.15. The van der Waals surface area contributed by atoms with E-state index in [1.165, 1.54) is 19.1 Å². The Labute approximate surface area is 87.3 Å². The second kappa shape index (κ2) is 5.60. The first kappa shape index (κ1) is 12.9. The van der Waals surface area contributed by atoms with E-state index in [1.807, 2.05) is 13.8 Å². The van der Waals surface area contributed by atoms with Crippen LogP contribution in [-0.4, -0.2) is 11.1 Å². The highest BCUT2D eigenvalue weighted by atomic mass is 35.5. The average molecular weight is 219 g/mol. The van der Waals surface area contributed by atoms with Crippen molar-refractivity contribution in [3.63, 3.8) is 0 Å². The van der Waals surface area contributed by atoms with Gasteiger partial charge in [-0.2, -0.15) is 0 Å². The number of halogens is 2. The molecule has 0 unspecified atom stereocenters. The van der Waals surface area contributed by atoms with Gasteiger partial charge in [-0.1, -0.05) is 31.5 Å². The molecule has 0 aliphatic carbocycles. The molecule has 4 heteroatoms. The predicted octanol–water partition coefficient (Wildman–Crippen LogP) is 3.51. The van der Waals surface area contributed by atoms with E-state index in [2.05, 4.69) is 0 Å². The van der Waals surface area contributed by atoms with Crippen molar-refractivity contribution in [1.82, 2.24) is 0 Å². The molecular formula is C10H12ClFO2.